The summed E-state index contributed by atoms with van der Waals surface area (Å²) in [6.45, 7) is 10.2. The van der Waals surface area contributed by atoms with Gasteiger partial charge in [-0.05, 0) is 48.5 Å². The number of likely N-dealkylation sites (N-methyl/N-ethyl adjacent to an activating group) is 1. The highest BCUT2D eigenvalue weighted by Gasteiger charge is 2.00. The Balaban J connectivity index is 1.71. The van der Waals surface area contributed by atoms with Gasteiger partial charge in [-0.3, -0.25) is 0 Å². The number of nitrogens with one attached hydrogen (secondary N) is 1. The Labute approximate surface area is 150 Å². The molecule has 0 saturated heterocycles. The molecule has 4 heteroatoms. The summed E-state index contributed by atoms with van der Waals surface area (Å²) in [6, 6.07) is 16.0. The van der Waals surface area contributed by atoms with E-state index >= 15 is 0 Å². The van der Waals surface area contributed by atoms with Gasteiger partial charge in [-0.1, -0.05) is 49.7 Å². The molecule has 0 fully saturated rings. The van der Waals surface area contributed by atoms with Gasteiger partial charge in [-0.15, -0.1) is 0 Å². The van der Waals surface area contributed by atoms with E-state index in [1.807, 2.05) is 36.4 Å². The van der Waals surface area contributed by atoms with Crippen LogP contribution in [0.3, 0.4) is 0 Å². The molecule has 2 aromatic carbocycles. The van der Waals surface area contributed by atoms with Gasteiger partial charge < -0.3 is 15.0 Å². The molecule has 0 bridgehead atoms. The maximum absolute atomic E-state index is 5.88. The van der Waals surface area contributed by atoms with Gasteiger partial charge in [0.15, 0.2) is 0 Å². The molecule has 0 atom stereocenters. The molecule has 130 valence electrons. The smallest absolute Gasteiger partial charge is 0.119 e. The predicted molar refractivity (Wildman–Crippen MR) is 102 cm³/mol. The normalized spacial score (nSPS) is 11.0. The molecule has 24 heavy (non-hydrogen) atoms. The molecule has 0 saturated carbocycles. The summed E-state index contributed by atoms with van der Waals surface area (Å²) in [5, 5.41) is 4.24. The Bertz CT molecular complexity index is 580. The Morgan fingerprint density at radius 3 is 2.17 bits per heavy atom. The first-order valence-corrected chi connectivity index (χ1v) is 8.98. The maximum atomic E-state index is 5.88. The Morgan fingerprint density at radius 1 is 0.917 bits per heavy atom. The summed E-state index contributed by atoms with van der Waals surface area (Å²) in [6.07, 6.45) is 0. The molecule has 3 nitrogen and oxygen atoms in total. The first kappa shape index (κ1) is 18.8. The third-order valence-electron chi connectivity index (χ3n) is 4.07. The zero-order valence-corrected chi connectivity index (χ0v) is 15.4. The van der Waals surface area contributed by atoms with Crippen LogP contribution in [-0.2, 0) is 13.2 Å². The summed E-state index contributed by atoms with van der Waals surface area (Å²) in [4.78, 5) is 2.42. The van der Waals surface area contributed by atoms with Gasteiger partial charge in [0.2, 0.25) is 0 Å². The van der Waals surface area contributed by atoms with Crippen molar-refractivity contribution < 1.29 is 4.74 Å². The minimum Gasteiger partial charge on any atom is -0.489 e. The maximum Gasteiger partial charge on any atom is 0.119 e. The van der Waals surface area contributed by atoms with Crippen molar-refractivity contribution in [3.8, 4) is 5.75 Å². The highest BCUT2D eigenvalue weighted by atomic mass is 35.5. The molecule has 0 radical (unpaired) electrons. The molecule has 0 unspecified atom stereocenters. The van der Waals surface area contributed by atoms with Crippen LogP contribution in [0.2, 0.25) is 5.02 Å². The van der Waals surface area contributed by atoms with Crippen LogP contribution in [0.5, 0.6) is 5.75 Å². The molecule has 0 aromatic heterocycles. The summed E-state index contributed by atoms with van der Waals surface area (Å²) in [5.41, 5.74) is 2.38. The lowest BCUT2D eigenvalue weighted by molar-refractivity contribution is 0.302. The van der Waals surface area contributed by atoms with Crippen molar-refractivity contribution in [1.82, 2.24) is 10.2 Å². The fraction of sp³-hybridized carbons (Fsp3) is 0.400. The van der Waals surface area contributed by atoms with E-state index in [1.165, 1.54) is 5.56 Å². The van der Waals surface area contributed by atoms with Crippen molar-refractivity contribution in [1.29, 1.82) is 0 Å². The van der Waals surface area contributed by atoms with Gasteiger partial charge >= 0.3 is 0 Å². The lowest BCUT2D eigenvalue weighted by Gasteiger charge is -2.18. The molecule has 1 N–H and O–H groups in total. The third-order valence-corrected chi connectivity index (χ3v) is 4.32. The van der Waals surface area contributed by atoms with Crippen molar-refractivity contribution in [3.05, 3.63) is 64.7 Å². The van der Waals surface area contributed by atoms with Crippen LogP contribution in [0.1, 0.15) is 25.0 Å². The van der Waals surface area contributed by atoms with Gasteiger partial charge in [-0.25, -0.2) is 0 Å². The molecule has 0 aliphatic heterocycles. The lowest BCUT2D eigenvalue weighted by Crippen LogP contribution is -2.31. The number of rotatable bonds is 10. The largest absolute Gasteiger partial charge is 0.489 e. The monoisotopic (exact) mass is 346 g/mol. The van der Waals surface area contributed by atoms with E-state index in [0.29, 0.717) is 6.61 Å². The highest BCUT2D eigenvalue weighted by Crippen LogP contribution is 2.15. The average Bonchev–Trinajstić information content (AvgIpc) is 2.62. The first-order chi connectivity index (χ1) is 11.7. The number of benzene rings is 2. The standard InChI is InChI=1S/C20H27ClN2O/c1-3-23(4-2)14-13-22-15-17-7-11-20(12-8-17)24-16-18-5-9-19(21)10-6-18/h5-12,22H,3-4,13-16H2,1-2H3. The second-order valence-electron chi connectivity index (χ2n) is 5.76. The quantitative estimate of drug-likeness (QED) is 0.647. The Kier molecular flexibility index (Phi) is 8.10. The molecular weight excluding hydrogens is 320 g/mol. The summed E-state index contributed by atoms with van der Waals surface area (Å²) in [7, 11) is 0. The van der Waals surface area contributed by atoms with Crippen LogP contribution in [0, 0.1) is 0 Å². The van der Waals surface area contributed by atoms with E-state index in [4.69, 9.17) is 16.3 Å². The van der Waals surface area contributed by atoms with Crippen molar-refractivity contribution in [2.45, 2.75) is 27.0 Å². The summed E-state index contributed by atoms with van der Waals surface area (Å²) in [5.74, 6) is 0.886. The number of hydrogen-bond acceptors (Lipinski definition) is 3. The van der Waals surface area contributed by atoms with Gasteiger partial charge in [0.25, 0.3) is 0 Å². The molecule has 2 rings (SSSR count). The van der Waals surface area contributed by atoms with E-state index in [9.17, 15) is 0 Å². The van der Waals surface area contributed by atoms with E-state index in [0.717, 1.165) is 49.1 Å². The first-order valence-electron chi connectivity index (χ1n) is 8.60. The summed E-state index contributed by atoms with van der Waals surface area (Å²) < 4.78 is 5.80. The van der Waals surface area contributed by atoms with Gasteiger partial charge in [0.1, 0.15) is 12.4 Å². The van der Waals surface area contributed by atoms with Gasteiger partial charge in [-0.2, -0.15) is 0 Å². The van der Waals surface area contributed by atoms with Gasteiger partial charge in [0.05, 0.1) is 0 Å². The predicted octanol–water partition coefficient (Wildman–Crippen LogP) is 4.35. The van der Waals surface area contributed by atoms with Crippen LogP contribution in [-0.4, -0.2) is 31.1 Å². The van der Waals surface area contributed by atoms with Crippen LogP contribution in [0.15, 0.2) is 48.5 Å². The highest BCUT2D eigenvalue weighted by molar-refractivity contribution is 6.30. The van der Waals surface area contributed by atoms with E-state index < -0.39 is 0 Å². The number of ether oxygens (including phenoxy) is 1. The minimum absolute atomic E-state index is 0.554. The van der Waals surface area contributed by atoms with Crippen molar-refractivity contribution in [2.75, 3.05) is 26.2 Å². The number of nitrogens with zero attached hydrogens (tertiary/aromatic N) is 1. The molecule has 0 spiro atoms. The second-order valence-corrected chi connectivity index (χ2v) is 6.20. The average molecular weight is 347 g/mol. The van der Waals surface area contributed by atoms with Crippen LogP contribution >= 0.6 is 11.6 Å². The zero-order valence-electron chi connectivity index (χ0n) is 14.6. The van der Waals surface area contributed by atoms with Crippen molar-refractivity contribution >= 4 is 11.6 Å². The lowest BCUT2D eigenvalue weighted by atomic mass is 10.2. The number of halogens is 1. The van der Waals surface area contributed by atoms with Crippen LogP contribution < -0.4 is 10.1 Å². The minimum atomic E-state index is 0.554. The zero-order chi connectivity index (χ0) is 17.2. The molecular formula is C20H27ClN2O. The number of hydrogen-bond donors (Lipinski definition) is 1. The Morgan fingerprint density at radius 2 is 1.54 bits per heavy atom. The fourth-order valence-electron chi connectivity index (χ4n) is 2.46. The van der Waals surface area contributed by atoms with Crippen molar-refractivity contribution in [2.24, 2.45) is 0 Å². The molecule has 0 heterocycles. The van der Waals surface area contributed by atoms with Gasteiger partial charge in [0, 0.05) is 24.7 Å². The topological polar surface area (TPSA) is 24.5 Å². The SMILES string of the molecule is CCN(CC)CCNCc1ccc(OCc2ccc(Cl)cc2)cc1. The third kappa shape index (κ3) is 6.52. The van der Waals surface area contributed by atoms with Crippen LogP contribution in [0.25, 0.3) is 0 Å². The molecule has 0 amide bonds. The molecule has 0 aliphatic rings. The Hall–Kier alpha value is -1.55. The van der Waals surface area contributed by atoms with E-state index in [-0.39, 0.29) is 0 Å². The summed E-state index contributed by atoms with van der Waals surface area (Å²) >= 11 is 5.88. The molecule has 2 aromatic rings. The van der Waals surface area contributed by atoms with E-state index in [2.05, 4.69) is 36.2 Å². The van der Waals surface area contributed by atoms with Crippen molar-refractivity contribution in [3.63, 3.8) is 0 Å². The van der Waals surface area contributed by atoms with E-state index in [1.54, 1.807) is 0 Å². The second kappa shape index (κ2) is 10.3. The van der Waals surface area contributed by atoms with Crippen LogP contribution in [0.4, 0.5) is 0 Å². The fourth-order valence-corrected chi connectivity index (χ4v) is 2.59. The molecule has 0 aliphatic carbocycles.